The van der Waals surface area contributed by atoms with E-state index in [0.29, 0.717) is 0 Å². The number of hydrogen-bond donors (Lipinski definition) is 0. The fourth-order valence-electron chi connectivity index (χ4n) is 2.29. The summed E-state index contributed by atoms with van der Waals surface area (Å²) < 4.78 is 0. The van der Waals surface area contributed by atoms with Gasteiger partial charge in [-0.05, 0) is 30.2 Å². The van der Waals surface area contributed by atoms with Gasteiger partial charge in [-0.2, -0.15) is 0 Å². The zero-order chi connectivity index (χ0) is 11.7. The van der Waals surface area contributed by atoms with Gasteiger partial charge in [-0.3, -0.25) is 4.79 Å². The minimum absolute atomic E-state index is 0. The monoisotopic (exact) mass is 241 g/mol. The average molecular weight is 241 g/mol. The molecule has 92 valence electrons. The Kier molecular flexibility index (Phi) is 3.44. The SMILES string of the molecule is O.O=C(c1ccccc1)N1CCc2ccccc21. The standard InChI is InChI=1S/C15H13NO.H2O/c17-15(13-7-2-1-3-8-13)16-11-10-12-6-4-5-9-14(12)16;/h1-9H,10-11H2;1H2. The number of hydrogen-bond acceptors (Lipinski definition) is 1. The highest BCUT2D eigenvalue weighted by Gasteiger charge is 2.24. The van der Waals surface area contributed by atoms with Crippen molar-refractivity contribution in [1.29, 1.82) is 0 Å². The van der Waals surface area contributed by atoms with Crippen LogP contribution in [0, 0.1) is 0 Å². The zero-order valence-electron chi connectivity index (χ0n) is 9.97. The number of rotatable bonds is 1. The van der Waals surface area contributed by atoms with Crippen LogP contribution in [0.2, 0.25) is 0 Å². The Morgan fingerprint density at radius 1 is 0.944 bits per heavy atom. The van der Waals surface area contributed by atoms with Crippen LogP contribution >= 0.6 is 0 Å². The van der Waals surface area contributed by atoms with Gasteiger partial charge >= 0.3 is 0 Å². The fourth-order valence-corrected chi connectivity index (χ4v) is 2.29. The summed E-state index contributed by atoms with van der Waals surface area (Å²) in [6, 6.07) is 17.6. The first kappa shape index (κ1) is 12.3. The Bertz CT molecular complexity index is 551. The number of carbonyl (C=O) groups is 1. The predicted molar refractivity (Wildman–Crippen MR) is 71.9 cm³/mol. The lowest BCUT2D eigenvalue weighted by Gasteiger charge is -2.17. The van der Waals surface area contributed by atoms with Gasteiger partial charge in [-0.15, -0.1) is 0 Å². The molecule has 2 aromatic rings. The predicted octanol–water partition coefficient (Wildman–Crippen LogP) is 2.06. The van der Waals surface area contributed by atoms with Gasteiger partial charge in [-0.1, -0.05) is 36.4 Å². The fraction of sp³-hybridized carbons (Fsp3) is 0.133. The van der Waals surface area contributed by atoms with Crippen molar-refractivity contribution in [3.05, 3.63) is 65.7 Å². The number of benzene rings is 2. The smallest absolute Gasteiger partial charge is 0.258 e. The lowest BCUT2D eigenvalue weighted by atomic mass is 10.1. The third-order valence-electron chi connectivity index (χ3n) is 3.15. The second kappa shape index (κ2) is 5.02. The first-order valence-electron chi connectivity index (χ1n) is 5.81. The molecule has 0 radical (unpaired) electrons. The molecule has 0 spiro atoms. The molecule has 1 heterocycles. The Hall–Kier alpha value is -2.13. The van der Waals surface area contributed by atoms with Gasteiger partial charge in [0.05, 0.1) is 0 Å². The molecule has 3 nitrogen and oxygen atoms in total. The lowest BCUT2D eigenvalue weighted by Crippen LogP contribution is -2.28. The van der Waals surface area contributed by atoms with Gasteiger partial charge in [-0.25, -0.2) is 0 Å². The molecule has 3 heteroatoms. The molecule has 2 N–H and O–H groups in total. The average Bonchev–Trinajstić information content (AvgIpc) is 2.83. The van der Waals surface area contributed by atoms with E-state index in [1.54, 1.807) is 0 Å². The Morgan fingerprint density at radius 2 is 1.61 bits per heavy atom. The number of fused-ring (bicyclic) bond motifs is 1. The summed E-state index contributed by atoms with van der Waals surface area (Å²) >= 11 is 0. The van der Waals surface area contributed by atoms with E-state index >= 15 is 0 Å². The van der Waals surface area contributed by atoms with E-state index in [0.717, 1.165) is 24.2 Å². The van der Waals surface area contributed by atoms with Gasteiger partial charge in [0, 0.05) is 17.8 Å². The molecule has 0 bridgehead atoms. The van der Waals surface area contributed by atoms with Crippen molar-refractivity contribution in [2.75, 3.05) is 11.4 Å². The summed E-state index contributed by atoms with van der Waals surface area (Å²) in [5, 5.41) is 0. The van der Waals surface area contributed by atoms with E-state index in [-0.39, 0.29) is 11.4 Å². The molecule has 1 aliphatic heterocycles. The van der Waals surface area contributed by atoms with E-state index in [1.165, 1.54) is 5.56 Å². The molecule has 1 amide bonds. The topological polar surface area (TPSA) is 51.8 Å². The van der Waals surface area contributed by atoms with Gasteiger partial charge < -0.3 is 10.4 Å². The summed E-state index contributed by atoms with van der Waals surface area (Å²) in [4.78, 5) is 14.2. The number of amides is 1. The van der Waals surface area contributed by atoms with Crippen LogP contribution in [0.1, 0.15) is 15.9 Å². The molecule has 0 fully saturated rings. The molecule has 0 saturated heterocycles. The largest absolute Gasteiger partial charge is 0.412 e. The van der Waals surface area contributed by atoms with Crippen LogP contribution in [-0.2, 0) is 6.42 Å². The zero-order valence-corrected chi connectivity index (χ0v) is 9.97. The van der Waals surface area contributed by atoms with Crippen molar-refractivity contribution in [2.24, 2.45) is 0 Å². The third kappa shape index (κ3) is 2.00. The summed E-state index contributed by atoms with van der Waals surface area (Å²) in [6.45, 7) is 0.785. The number of anilines is 1. The lowest BCUT2D eigenvalue weighted by molar-refractivity contribution is 0.0989. The second-order valence-corrected chi connectivity index (χ2v) is 4.20. The van der Waals surface area contributed by atoms with Gasteiger partial charge in [0.25, 0.3) is 5.91 Å². The molecule has 2 aromatic carbocycles. The molecule has 18 heavy (non-hydrogen) atoms. The van der Waals surface area contributed by atoms with E-state index in [9.17, 15) is 4.79 Å². The van der Waals surface area contributed by atoms with Crippen LogP contribution in [0.4, 0.5) is 5.69 Å². The van der Waals surface area contributed by atoms with Crippen molar-refractivity contribution in [3.8, 4) is 0 Å². The molecule has 1 aliphatic rings. The van der Waals surface area contributed by atoms with Crippen LogP contribution in [0.15, 0.2) is 54.6 Å². The van der Waals surface area contributed by atoms with Crippen LogP contribution in [0.3, 0.4) is 0 Å². The van der Waals surface area contributed by atoms with E-state index in [4.69, 9.17) is 0 Å². The van der Waals surface area contributed by atoms with Crippen LogP contribution in [0.25, 0.3) is 0 Å². The van der Waals surface area contributed by atoms with Gasteiger partial charge in [0.2, 0.25) is 0 Å². The first-order chi connectivity index (χ1) is 8.36. The molecule has 0 aromatic heterocycles. The maximum atomic E-state index is 12.3. The summed E-state index contributed by atoms with van der Waals surface area (Å²) in [5.74, 6) is 0.0931. The first-order valence-corrected chi connectivity index (χ1v) is 5.81. The highest BCUT2D eigenvalue weighted by atomic mass is 16.2. The minimum atomic E-state index is 0. The highest BCUT2D eigenvalue weighted by Crippen LogP contribution is 2.28. The van der Waals surface area contributed by atoms with Gasteiger partial charge in [0.15, 0.2) is 0 Å². The molecular formula is C15H15NO2. The number of nitrogens with zero attached hydrogens (tertiary/aromatic N) is 1. The maximum absolute atomic E-state index is 12.3. The Balaban J connectivity index is 0.00000120. The normalized spacial score (nSPS) is 12.8. The van der Waals surface area contributed by atoms with Crippen LogP contribution < -0.4 is 4.90 Å². The summed E-state index contributed by atoms with van der Waals surface area (Å²) in [5.41, 5.74) is 3.07. The van der Waals surface area contributed by atoms with Crippen LogP contribution in [-0.4, -0.2) is 17.9 Å². The second-order valence-electron chi connectivity index (χ2n) is 4.20. The van der Waals surface area contributed by atoms with E-state index in [2.05, 4.69) is 6.07 Å². The summed E-state index contributed by atoms with van der Waals surface area (Å²) in [7, 11) is 0. The molecule has 0 atom stereocenters. The molecular weight excluding hydrogens is 226 g/mol. The third-order valence-corrected chi connectivity index (χ3v) is 3.15. The Labute approximate surface area is 106 Å². The van der Waals surface area contributed by atoms with Crippen LogP contribution in [0.5, 0.6) is 0 Å². The number of para-hydroxylation sites is 1. The molecule has 3 rings (SSSR count). The van der Waals surface area contributed by atoms with E-state index < -0.39 is 0 Å². The quantitative estimate of drug-likeness (QED) is 0.754. The van der Waals surface area contributed by atoms with Crippen molar-refractivity contribution in [2.45, 2.75) is 6.42 Å². The maximum Gasteiger partial charge on any atom is 0.258 e. The Morgan fingerprint density at radius 3 is 2.39 bits per heavy atom. The molecule has 0 saturated carbocycles. The number of carbonyl (C=O) groups excluding carboxylic acids is 1. The molecule has 0 aliphatic carbocycles. The van der Waals surface area contributed by atoms with Crippen molar-refractivity contribution >= 4 is 11.6 Å². The van der Waals surface area contributed by atoms with Crippen molar-refractivity contribution < 1.29 is 10.3 Å². The van der Waals surface area contributed by atoms with E-state index in [1.807, 2.05) is 53.4 Å². The van der Waals surface area contributed by atoms with Crippen molar-refractivity contribution in [3.63, 3.8) is 0 Å². The summed E-state index contributed by atoms with van der Waals surface area (Å²) in [6.07, 6.45) is 0.953. The molecule has 0 unspecified atom stereocenters. The van der Waals surface area contributed by atoms with Gasteiger partial charge in [0.1, 0.15) is 0 Å². The minimum Gasteiger partial charge on any atom is -0.412 e. The van der Waals surface area contributed by atoms with Crippen molar-refractivity contribution in [1.82, 2.24) is 0 Å². The highest BCUT2D eigenvalue weighted by molar-refractivity contribution is 6.07.